The van der Waals surface area contributed by atoms with Gasteiger partial charge in [0.05, 0.1) is 18.5 Å². The molecular formula is C23H27N3O3S. The largest absolute Gasteiger partial charge is 0.495 e. The Balaban J connectivity index is 1.77. The van der Waals surface area contributed by atoms with Gasteiger partial charge in [0.2, 0.25) is 11.8 Å². The number of methoxy groups -OCH3 is 1. The summed E-state index contributed by atoms with van der Waals surface area (Å²) in [4.78, 5) is 32.0. The van der Waals surface area contributed by atoms with E-state index in [-0.39, 0.29) is 18.2 Å². The molecule has 0 aliphatic carbocycles. The number of anilines is 1. The summed E-state index contributed by atoms with van der Waals surface area (Å²) in [6, 6.07) is 13.3. The van der Waals surface area contributed by atoms with E-state index in [0.29, 0.717) is 23.1 Å². The van der Waals surface area contributed by atoms with E-state index in [9.17, 15) is 9.59 Å². The van der Waals surface area contributed by atoms with Crippen molar-refractivity contribution in [3.8, 4) is 5.75 Å². The van der Waals surface area contributed by atoms with Crippen molar-refractivity contribution in [3.05, 3.63) is 53.6 Å². The lowest BCUT2D eigenvalue weighted by Crippen LogP contribution is -2.34. The van der Waals surface area contributed by atoms with Gasteiger partial charge >= 0.3 is 0 Å². The van der Waals surface area contributed by atoms with Crippen molar-refractivity contribution >= 4 is 40.1 Å². The van der Waals surface area contributed by atoms with Gasteiger partial charge in [0.25, 0.3) is 0 Å². The van der Waals surface area contributed by atoms with E-state index in [4.69, 9.17) is 9.73 Å². The third-order valence-electron chi connectivity index (χ3n) is 4.79. The molecule has 1 fully saturated rings. The summed E-state index contributed by atoms with van der Waals surface area (Å²) in [6.45, 7) is 6.66. The Kier molecular flexibility index (Phi) is 7.15. The van der Waals surface area contributed by atoms with Crippen LogP contribution in [-0.2, 0) is 9.59 Å². The van der Waals surface area contributed by atoms with Crippen LogP contribution in [0.2, 0.25) is 0 Å². The molecule has 1 atom stereocenters. The number of aryl methyl sites for hydroxylation is 2. The van der Waals surface area contributed by atoms with Crippen LogP contribution in [-0.4, -0.2) is 40.8 Å². The summed E-state index contributed by atoms with van der Waals surface area (Å²) in [5.74, 6) is 0.288. The molecule has 30 heavy (non-hydrogen) atoms. The van der Waals surface area contributed by atoms with Crippen LogP contribution in [0.3, 0.4) is 0 Å². The van der Waals surface area contributed by atoms with Crippen molar-refractivity contribution < 1.29 is 14.3 Å². The Labute approximate surface area is 181 Å². The standard InChI is InChI=1S/C23H27N3O3S/c1-5-12-26-22(28)20(14-21(27)24-18-8-6-7-9-19(18)29-4)30-23(26)25-17-11-10-15(2)13-16(17)3/h6-11,13,20H,5,12,14H2,1-4H3,(H,24,27)/t20-/m1/s1. The maximum atomic E-state index is 13.0. The monoisotopic (exact) mass is 425 g/mol. The van der Waals surface area contributed by atoms with Crippen molar-refractivity contribution in [2.24, 2.45) is 4.99 Å². The second-order valence-electron chi connectivity index (χ2n) is 7.23. The van der Waals surface area contributed by atoms with Crippen LogP contribution >= 0.6 is 11.8 Å². The van der Waals surface area contributed by atoms with Crippen LogP contribution < -0.4 is 10.1 Å². The first-order valence-corrected chi connectivity index (χ1v) is 10.9. The first kappa shape index (κ1) is 21.9. The van der Waals surface area contributed by atoms with Gasteiger partial charge in [-0.2, -0.15) is 0 Å². The topological polar surface area (TPSA) is 71.0 Å². The Bertz CT molecular complexity index is 974. The summed E-state index contributed by atoms with van der Waals surface area (Å²) in [7, 11) is 1.56. The second-order valence-corrected chi connectivity index (χ2v) is 8.40. The van der Waals surface area contributed by atoms with Gasteiger partial charge < -0.3 is 10.1 Å². The molecule has 0 unspecified atom stereocenters. The van der Waals surface area contributed by atoms with Gasteiger partial charge in [0.15, 0.2) is 5.17 Å². The molecule has 158 valence electrons. The maximum Gasteiger partial charge on any atom is 0.242 e. The molecule has 1 saturated heterocycles. The fourth-order valence-electron chi connectivity index (χ4n) is 3.31. The Morgan fingerprint density at radius 3 is 2.70 bits per heavy atom. The minimum Gasteiger partial charge on any atom is -0.495 e. The molecule has 1 aliphatic rings. The van der Waals surface area contributed by atoms with Gasteiger partial charge in [-0.1, -0.05) is 48.5 Å². The van der Waals surface area contributed by atoms with Crippen LogP contribution in [0.5, 0.6) is 5.75 Å². The van der Waals surface area contributed by atoms with Crippen LogP contribution in [0, 0.1) is 13.8 Å². The van der Waals surface area contributed by atoms with E-state index in [2.05, 4.69) is 11.4 Å². The van der Waals surface area contributed by atoms with Gasteiger partial charge in [0, 0.05) is 13.0 Å². The molecule has 0 spiro atoms. The van der Waals surface area contributed by atoms with Gasteiger partial charge in [-0.25, -0.2) is 4.99 Å². The third-order valence-corrected chi connectivity index (χ3v) is 5.96. The average Bonchev–Trinajstić information content (AvgIpc) is 2.99. The van der Waals surface area contributed by atoms with Crippen molar-refractivity contribution in [1.29, 1.82) is 0 Å². The first-order valence-electron chi connectivity index (χ1n) is 9.99. The molecule has 2 amide bonds. The zero-order valence-corrected chi connectivity index (χ0v) is 18.6. The zero-order valence-electron chi connectivity index (χ0n) is 17.8. The molecule has 7 heteroatoms. The molecular weight excluding hydrogens is 398 g/mol. The lowest BCUT2D eigenvalue weighted by molar-refractivity contribution is -0.128. The summed E-state index contributed by atoms with van der Waals surface area (Å²) in [5, 5.41) is 3.01. The number of ether oxygens (including phenoxy) is 1. The number of aliphatic imine (C=N–C) groups is 1. The summed E-state index contributed by atoms with van der Waals surface area (Å²) in [6.07, 6.45) is 0.895. The number of hydrogen-bond acceptors (Lipinski definition) is 5. The fourth-order valence-corrected chi connectivity index (χ4v) is 4.48. The van der Waals surface area contributed by atoms with Crippen LogP contribution in [0.25, 0.3) is 0 Å². The van der Waals surface area contributed by atoms with E-state index in [1.165, 1.54) is 17.3 Å². The number of benzene rings is 2. The van der Waals surface area contributed by atoms with Gasteiger partial charge in [-0.15, -0.1) is 0 Å². The average molecular weight is 426 g/mol. The molecule has 6 nitrogen and oxygen atoms in total. The SMILES string of the molecule is CCCN1C(=O)[C@@H](CC(=O)Nc2ccccc2OC)SC1=Nc1ccc(C)cc1C. The predicted molar refractivity (Wildman–Crippen MR) is 123 cm³/mol. The lowest BCUT2D eigenvalue weighted by Gasteiger charge is -2.15. The van der Waals surface area contributed by atoms with E-state index in [0.717, 1.165) is 17.7 Å². The van der Waals surface area contributed by atoms with Crippen molar-refractivity contribution in [2.45, 2.75) is 38.9 Å². The van der Waals surface area contributed by atoms with E-state index >= 15 is 0 Å². The fraction of sp³-hybridized carbons (Fsp3) is 0.348. The minimum absolute atomic E-state index is 0.0689. The number of nitrogens with zero attached hydrogens (tertiary/aromatic N) is 2. The zero-order chi connectivity index (χ0) is 21.7. The quantitative estimate of drug-likeness (QED) is 0.699. The minimum atomic E-state index is -0.490. The Morgan fingerprint density at radius 2 is 2.00 bits per heavy atom. The van der Waals surface area contributed by atoms with Crippen molar-refractivity contribution in [1.82, 2.24) is 4.90 Å². The number of amidine groups is 1. The highest BCUT2D eigenvalue weighted by atomic mass is 32.2. The summed E-state index contributed by atoms with van der Waals surface area (Å²) < 4.78 is 5.28. The van der Waals surface area contributed by atoms with E-state index in [1.807, 2.05) is 45.0 Å². The third kappa shape index (κ3) is 5.02. The molecule has 1 aliphatic heterocycles. The summed E-state index contributed by atoms with van der Waals surface area (Å²) in [5.41, 5.74) is 3.67. The smallest absolute Gasteiger partial charge is 0.242 e. The van der Waals surface area contributed by atoms with E-state index < -0.39 is 5.25 Å². The normalized spacial score (nSPS) is 17.5. The van der Waals surface area contributed by atoms with Gasteiger partial charge in [-0.05, 0) is 44.0 Å². The lowest BCUT2D eigenvalue weighted by atomic mass is 10.1. The number of carbonyl (C=O) groups is 2. The number of para-hydroxylation sites is 2. The summed E-state index contributed by atoms with van der Waals surface area (Å²) >= 11 is 1.36. The highest BCUT2D eigenvalue weighted by Gasteiger charge is 2.38. The first-order chi connectivity index (χ1) is 14.4. The number of thioether (sulfide) groups is 1. The molecule has 0 aromatic heterocycles. The molecule has 0 saturated carbocycles. The molecule has 2 aromatic carbocycles. The molecule has 0 bridgehead atoms. The van der Waals surface area contributed by atoms with Crippen LogP contribution in [0.4, 0.5) is 11.4 Å². The molecule has 1 heterocycles. The number of amides is 2. The number of nitrogens with one attached hydrogen (secondary N) is 1. The van der Waals surface area contributed by atoms with Gasteiger partial charge in [-0.3, -0.25) is 14.5 Å². The number of carbonyl (C=O) groups excluding carboxylic acids is 2. The molecule has 2 aromatic rings. The van der Waals surface area contributed by atoms with Crippen molar-refractivity contribution in [3.63, 3.8) is 0 Å². The maximum absolute atomic E-state index is 13.0. The molecule has 3 rings (SSSR count). The van der Waals surface area contributed by atoms with Gasteiger partial charge in [0.1, 0.15) is 11.0 Å². The van der Waals surface area contributed by atoms with Crippen molar-refractivity contribution in [2.75, 3.05) is 19.0 Å². The highest BCUT2D eigenvalue weighted by Crippen LogP contribution is 2.33. The Hall–Kier alpha value is -2.80. The predicted octanol–water partition coefficient (Wildman–Crippen LogP) is 4.68. The highest BCUT2D eigenvalue weighted by molar-refractivity contribution is 8.15. The van der Waals surface area contributed by atoms with E-state index in [1.54, 1.807) is 24.1 Å². The second kappa shape index (κ2) is 9.80. The molecule has 1 N–H and O–H groups in total. The number of hydrogen-bond donors (Lipinski definition) is 1. The number of rotatable bonds is 7. The van der Waals surface area contributed by atoms with Crippen LogP contribution in [0.1, 0.15) is 30.9 Å². The molecule has 0 radical (unpaired) electrons. The Morgan fingerprint density at radius 1 is 1.23 bits per heavy atom. The van der Waals surface area contributed by atoms with Crippen LogP contribution in [0.15, 0.2) is 47.5 Å².